The summed E-state index contributed by atoms with van der Waals surface area (Å²) >= 11 is 0. The van der Waals surface area contributed by atoms with Crippen molar-refractivity contribution in [1.29, 1.82) is 0 Å². The number of carbonyl (C=O) groups is 1. The van der Waals surface area contributed by atoms with E-state index in [1.165, 1.54) is 13.2 Å². The summed E-state index contributed by atoms with van der Waals surface area (Å²) in [5.74, 6) is -0.719. The Hall–Kier alpha value is -2.36. The highest BCUT2D eigenvalue weighted by Crippen LogP contribution is 2.16. The Bertz CT molecular complexity index is 584. The Kier molecular flexibility index (Phi) is 4.13. The minimum atomic E-state index is -0.397. The van der Waals surface area contributed by atoms with Crippen LogP contribution in [0.25, 0.3) is 0 Å². The lowest BCUT2D eigenvalue weighted by atomic mass is 10.1. The molecule has 0 spiro atoms. The molecule has 0 amide bonds. The summed E-state index contributed by atoms with van der Waals surface area (Å²) in [6.07, 6.45) is 0. The summed E-state index contributed by atoms with van der Waals surface area (Å²) in [4.78, 5) is 11.6. The molecule has 1 N–H and O–H groups in total. The summed E-state index contributed by atoms with van der Waals surface area (Å²) in [7, 11) is 1.34. The Balaban J connectivity index is 2.16. The van der Waals surface area contributed by atoms with Crippen molar-refractivity contribution in [2.45, 2.75) is 6.54 Å². The summed E-state index contributed by atoms with van der Waals surface area (Å²) in [6.45, 7) is 0.353. The van der Waals surface area contributed by atoms with Crippen LogP contribution in [0.3, 0.4) is 0 Å². The molecule has 0 bridgehead atoms. The molecule has 0 aliphatic heterocycles. The Labute approximate surface area is 111 Å². The van der Waals surface area contributed by atoms with Crippen LogP contribution in [0.4, 0.5) is 10.1 Å². The molecule has 19 heavy (non-hydrogen) atoms. The molecule has 0 unspecified atom stereocenters. The lowest BCUT2D eigenvalue weighted by Crippen LogP contribution is -2.09. The van der Waals surface area contributed by atoms with Gasteiger partial charge < -0.3 is 10.1 Å². The predicted octanol–water partition coefficient (Wildman–Crippen LogP) is 3.22. The normalized spacial score (nSPS) is 10.0. The molecule has 0 aliphatic carbocycles. The van der Waals surface area contributed by atoms with Crippen LogP contribution in [-0.2, 0) is 11.3 Å². The molecule has 0 atom stereocenters. The Morgan fingerprint density at radius 3 is 2.58 bits per heavy atom. The van der Waals surface area contributed by atoms with Gasteiger partial charge in [0.25, 0.3) is 0 Å². The quantitative estimate of drug-likeness (QED) is 0.857. The fraction of sp³-hybridized carbons (Fsp3) is 0.133. The highest BCUT2D eigenvalue weighted by molar-refractivity contribution is 5.91. The third-order valence-electron chi connectivity index (χ3n) is 2.77. The lowest BCUT2D eigenvalue weighted by molar-refractivity contribution is 0.0599. The van der Waals surface area contributed by atoms with Crippen molar-refractivity contribution in [2.75, 3.05) is 12.4 Å². The number of para-hydroxylation sites is 1. The molecular formula is C15H14FNO2. The van der Waals surface area contributed by atoms with Gasteiger partial charge in [-0.2, -0.15) is 0 Å². The van der Waals surface area contributed by atoms with Crippen molar-refractivity contribution in [2.24, 2.45) is 0 Å². The molecule has 4 heteroatoms. The zero-order valence-electron chi connectivity index (χ0n) is 10.5. The number of hydrogen-bond acceptors (Lipinski definition) is 3. The average Bonchev–Trinajstić information content (AvgIpc) is 2.46. The lowest BCUT2D eigenvalue weighted by Gasteiger charge is -2.10. The van der Waals surface area contributed by atoms with Crippen molar-refractivity contribution in [1.82, 2.24) is 0 Å². The number of hydrogen-bond donors (Lipinski definition) is 1. The number of esters is 1. The highest BCUT2D eigenvalue weighted by atomic mass is 19.1. The van der Waals surface area contributed by atoms with Gasteiger partial charge in [0.2, 0.25) is 0 Å². The van der Waals surface area contributed by atoms with Crippen LogP contribution in [0, 0.1) is 5.82 Å². The van der Waals surface area contributed by atoms with Crippen LogP contribution in [0.1, 0.15) is 15.9 Å². The second-order valence-electron chi connectivity index (χ2n) is 3.98. The monoisotopic (exact) mass is 259 g/mol. The number of anilines is 1. The van der Waals surface area contributed by atoms with Gasteiger partial charge in [-0.15, -0.1) is 0 Å². The standard InChI is InChI=1S/C15H14FNO2/c1-19-15(18)12-7-3-2-6-11(12)10-17-14-9-5-4-8-13(14)16/h2-9,17H,10H2,1H3. The molecule has 0 radical (unpaired) electrons. The molecule has 0 saturated heterocycles. The van der Waals surface area contributed by atoms with Crippen molar-refractivity contribution in [3.8, 4) is 0 Å². The van der Waals surface area contributed by atoms with Gasteiger partial charge in [-0.3, -0.25) is 0 Å². The largest absolute Gasteiger partial charge is 0.465 e. The van der Waals surface area contributed by atoms with Gasteiger partial charge in [-0.1, -0.05) is 30.3 Å². The van der Waals surface area contributed by atoms with Crippen molar-refractivity contribution >= 4 is 11.7 Å². The molecule has 0 aliphatic rings. The highest BCUT2D eigenvalue weighted by Gasteiger charge is 2.10. The van der Waals surface area contributed by atoms with E-state index in [4.69, 9.17) is 4.74 Å². The number of rotatable bonds is 4. The molecule has 2 aromatic rings. The van der Waals surface area contributed by atoms with Crippen LogP contribution in [0.5, 0.6) is 0 Å². The van der Waals surface area contributed by atoms with Gasteiger partial charge in [-0.05, 0) is 23.8 Å². The number of halogens is 1. The SMILES string of the molecule is COC(=O)c1ccccc1CNc1ccccc1F. The maximum atomic E-state index is 13.5. The maximum absolute atomic E-state index is 13.5. The predicted molar refractivity (Wildman–Crippen MR) is 71.5 cm³/mol. The van der Waals surface area contributed by atoms with Crippen LogP contribution >= 0.6 is 0 Å². The molecular weight excluding hydrogens is 245 g/mol. The van der Waals surface area contributed by atoms with Gasteiger partial charge in [-0.25, -0.2) is 9.18 Å². The summed E-state index contributed by atoms with van der Waals surface area (Å²) in [5.41, 5.74) is 1.65. The molecule has 3 nitrogen and oxygen atoms in total. The van der Waals surface area contributed by atoms with Gasteiger partial charge >= 0.3 is 5.97 Å². The first-order valence-electron chi connectivity index (χ1n) is 5.87. The van der Waals surface area contributed by atoms with E-state index in [0.717, 1.165) is 5.56 Å². The second-order valence-corrected chi connectivity index (χ2v) is 3.98. The smallest absolute Gasteiger partial charge is 0.338 e. The number of benzene rings is 2. The molecule has 0 fully saturated rings. The van der Waals surface area contributed by atoms with Gasteiger partial charge in [0.15, 0.2) is 0 Å². The number of nitrogens with one attached hydrogen (secondary N) is 1. The third kappa shape index (κ3) is 3.10. The molecule has 0 aromatic heterocycles. The molecule has 0 saturated carbocycles. The number of ether oxygens (including phenoxy) is 1. The Morgan fingerprint density at radius 1 is 1.16 bits per heavy atom. The van der Waals surface area contributed by atoms with Crippen molar-refractivity contribution in [3.63, 3.8) is 0 Å². The van der Waals surface area contributed by atoms with Crippen LogP contribution in [-0.4, -0.2) is 13.1 Å². The molecule has 2 aromatic carbocycles. The first-order chi connectivity index (χ1) is 9.22. The van der Waals surface area contributed by atoms with Crippen LogP contribution in [0.15, 0.2) is 48.5 Å². The first kappa shape index (κ1) is 13.1. The van der Waals surface area contributed by atoms with Gasteiger partial charge in [0, 0.05) is 6.54 Å². The minimum Gasteiger partial charge on any atom is -0.465 e. The van der Waals surface area contributed by atoms with Gasteiger partial charge in [0.1, 0.15) is 5.82 Å². The van der Waals surface area contributed by atoms with E-state index in [9.17, 15) is 9.18 Å². The van der Waals surface area contributed by atoms with E-state index in [-0.39, 0.29) is 5.82 Å². The third-order valence-corrected chi connectivity index (χ3v) is 2.77. The number of methoxy groups -OCH3 is 1. The number of carbonyl (C=O) groups excluding carboxylic acids is 1. The minimum absolute atomic E-state index is 0.321. The van der Waals surface area contributed by atoms with E-state index in [2.05, 4.69) is 5.32 Å². The van der Waals surface area contributed by atoms with Crippen LogP contribution < -0.4 is 5.32 Å². The maximum Gasteiger partial charge on any atom is 0.338 e. The topological polar surface area (TPSA) is 38.3 Å². The molecule has 98 valence electrons. The van der Waals surface area contributed by atoms with Crippen LogP contribution in [0.2, 0.25) is 0 Å². The van der Waals surface area contributed by atoms with Crippen molar-refractivity contribution in [3.05, 3.63) is 65.5 Å². The zero-order valence-corrected chi connectivity index (χ0v) is 10.5. The Morgan fingerprint density at radius 2 is 1.84 bits per heavy atom. The second kappa shape index (κ2) is 6.00. The summed E-state index contributed by atoms with van der Waals surface area (Å²) in [5, 5.41) is 2.97. The fourth-order valence-electron chi connectivity index (χ4n) is 1.78. The summed E-state index contributed by atoms with van der Waals surface area (Å²) < 4.78 is 18.2. The van der Waals surface area contributed by atoms with E-state index in [1.54, 1.807) is 36.4 Å². The van der Waals surface area contributed by atoms with Gasteiger partial charge in [0.05, 0.1) is 18.4 Å². The molecule has 2 rings (SSSR count). The first-order valence-corrected chi connectivity index (χ1v) is 5.87. The zero-order chi connectivity index (χ0) is 13.7. The van der Waals surface area contributed by atoms with E-state index < -0.39 is 5.97 Å². The van der Waals surface area contributed by atoms with E-state index in [0.29, 0.717) is 17.8 Å². The van der Waals surface area contributed by atoms with Crippen molar-refractivity contribution < 1.29 is 13.9 Å². The average molecular weight is 259 g/mol. The summed E-state index contributed by atoms with van der Waals surface area (Å²) in [6, 6.07) is 13.5. The molecule has 0 heterocycles. The fourth-order valence-corrected chi connectivity index (χ4v) is 1.78. The van der Waals surface area contributed by atoms with E-state index >= 15 is 0 Å². The van der Waals surface area contributed by atoms with E-state index in [1.807, 2.05) is 6.07 Å².